The first-order valence-electron chi connectivity index (χ1n) is 5.45. The molecular weight excluding hydrogens is 273 g/mol. The number of methoxy groups -OCH3 is 1. The van der Waals surface area contributed by atoms with Gasteiger partial charge in [-0.25, -0.2) is 9.18 Å². The lowest BCUT2D eigenvalue weighted by Gasteiger charge is -2.07. The van der Waals surface area contributed by atoms with Crippen LogP contribution in [-0.2, 0) is 11.3 Å². The molecule has 2 aromatic rings. The van der Waals surface area contributed by atoms with Crippen molar-refractivity contribution in [2.75, 3.05) is 12.4 Å². The van der Waals surface area contributed by atoms with E-state index in [1.54, 1.807) is 6.07 Å². The molecule has 100 valence electrons. The molecule has 0 atom stereocenters. The van der Waals surface area contributed by atoms with Crippen molar-refractivity contribution in [3.8, 4) is 0 Å². The second-order valence-corrected chi connectivity index (χ2v) is 4.15. The average molecular weight is 284 g/mol. The number of benzene rings is 1. The van der Waals surface area contributed by atoms with E-state index in [4.69, 9.17) is 16.0 Å². The van der Waals surface area contributed by atoms with Crippen molar-refractivity contribution in [2.45, 2.75) is 6.54 Å². The summed E-state index contributed by atoms with van der Waals surface area (Å²) < 4.78 is 23.2. The minimum atomic E-state index is -0.487. The van der Waals surface area contributed by atoms with Gasteiger partial charge in [0.1, 0.15) is 17.8 Å². The Labute approximate surface area is 114 Å². The van der Waals surface area contributed by atoms with Crippen molar-refractivity contribution in [1.82, 2.24) is 0 Å². The van der Waals surface area contributed by atoms with Gasteiger partial charge in [0.15, 0.2) is 0 Å². The first kappa shape index (κ1) is 13.4. The Hall–Kier alpha value is -2.01. The summed E-state index contributed by atoms with van der Waals surface area (Å²) in [4.78, 5) is 11.2. The molecule has 0 amide bonds. The number of furan rings is 1. The zero-order valence-corrected chi connectivity index (χ0v) is 10.8. The first-order valence-corrected chi connectivity index (χ1v) is 5.83. The van der Waals surface area contributed by atoms with Gasteiger partial charge in [0.25, 0.3) is 0 Å². The molecule has 1 N–H and O–H groups in total. The number of nitrogens with one attached hydrogen (secondary N) is 1. The molecule has 0 spiro atoms. The van der Waals surface area contributed by atoms with Gasteiger partial charge in [-0.05, 0) is 18.2 Å². The molecule has 6 heteroatoms. The van der Waals surface area contributed by atoms with E-state index in [1.807, 2.05) is 0 Å². The van der Waals surface area contributed by atoms with Gasteiger partial charge >= 0.3 is 5.97 Å². The smallest absolute Gasteiger partial charge is 0.341 e. The molecule has 0 aliphatic carbocycles. The molecule has 0 unspecified atom stereocenters. The van der Waals surface area contributed by atoms with E-state index in [1.165, 1.54) is 31.6 Å². The average Bonchev–Trinajstić information content (AvgIpc) is 2.86. The quantitative estimate of drug-likeness (QED) is 0.873. The highest BCUT2D eigenvalue weighted by Crippen LogP contribution is 2.25. The monoisotopic (exact) mass is 283 g/mol. The second-order valence-electron chi connectivity index (χ2n) is 3.74. The molecule has 2 rings (SSSR count). The van der Waals surface area contributed by atoms with Crippen LogP contribution in [0.1, 0.15) is 16.1 Å². The molecule has 0 radical (unpaired) electrons. The van der Waals surface area contributed by atoms with E-state index in [0.717, 1.165) is 0 Å². The van der Waals surface area contributed by atoms with Crippen molar-refractivity contribution in [3.63, 3.8) is 0 Å². The van der Waals surface area contributed by atoms with Crippen molar-refractivity contribution in [3.05, 3.63) is 52.7 Å². The summed E-state index contributed by atoms with van der Waals surface area (Å²) in [5, 5.41) is 3.09. The fourth-order valence-corrected chi connectivity index (χ4v) is 1.77. The van der Waals surface area contributed by atoms with E-state index in [9.17, 15) is 9.18 Å². The fraction of sp³-hybridized carbons (Fsp3) is 0.154. The summed E-state index contributed by atoms with van der Waals surface area (Å²) >= 11 is 5.87. The number of carbonyl (C=O) groups excluding carboxylic acids is 1. The predicted octanol–water partition coefficient (Wildman–Crippen LogP) is 3.47. The number of halogens is 2. The van der Waals surface area contributed by atoms with Crippen LogP contribution in [0.15, 0.2) is 34.9 Å². The summed E-state index contributed by atoms with van der Waals surface area (Å²) in [6.45, 7) is 0.206. The number of hydrogen-bond donors (Lipinski definition) is 1. The van der Waals surface area contributed by atoms with Crippen LogP contribution in [0.25, 0.3) is 0 Å². The summed E-state index contributed by atoms with van der Waals surface area (Å²) in [6, 6.07) is 5.92. The summed E-state index contributed by atoms with van der Waals surface area (Å²) in [5.41, 5.74) is 0.499. The van der Waals surface area contributed by atoms with Crippen LogP contribution >= 0.6 is 11.6 Å². The lowest BCUT2D eigenvalue weighted by Crippen LogP contribution is -2.02. The van der Waals surface area contributed by atoms with Crippen molar-refractivity contribution in [1.29, 1.82) is 0 Å². The van der Waals surface area contributed by atoms with Crippen LogP contribution < -0.4 is 5.32 Å². The minimum Gasteiger partial charge on any atom is -0.467 e. The van der Waals surface area contributed by atoms with Gasteiger partial charge in [-0.2, -0.15) is 0 Å². The highest BCUT2D eigenvalue weighted by Gasteiger charge is 2.11. The Kier molecular flexibility index (Phi) is 4.06. The van der Waals surface area contributed by atoms with Crippen molar-refractivity contribution in [2.24, 2.45) is 0 Å². The number of carbonyl (C=O) groups is 1. The van der Waals surface area contributed by atoms with Crippen LogP contribution in [0.3, 0.4) is 0 Å². The molecule has 19 heavy (non-hydrogen) atoms. The number of rotatable bonds is 4. The topological polar surface area (TPSA) is 51.5 Å². The lowest BCUT2D eigenvalue weighted by atomic mass is 10.3. The van der Waals surface area contributed by atoms with Crippen LogP contribution in [0.2, 0.25) is 5.02 Å². The Balaban J connectivity index is 2.07. The molecule has 0 saturated carbocycles. The third-order valence-electron chi connectivity index (χ3n) is 2.48. The van der Waals surface area contributed by atoms with Crippen LogP contribution in [0.4, 0.5) is 10.1 Å². The lowest BCUT2D eigenvalue weighted by molar-refractivity contribution is 0.0600. The van der Waals surface area contributed by atoms with Gasteiger partial charge in [-0.1, -0.05) is 17.7 Å². The van der Waals surface area contributed by atoms with E-state index >= 15 is 0 Å². The van der Waals surface area contributed by atoms with Gasteiger partial charge in [0, 0.05) is 0 Å². The van der Waals surface area contributed by atoms with Crippen molar-refractivity contribution < 1.29 is 18.3 Å². The van der Waals surface area contributed by atoms with Gasteiger partial charge in [0.2, 0.25) is 0 Å². The normalized spacial score (nSPS) is 10.3. The molecule has 1 aromatic carbocycles. The maximum absolute atomic E-state index is 13.5. The standard InChI is InChI=1S/C13H11ClFNO3/c1-18-13(17)8-5-9(19-7-8)6-16-12-10(14)3-2-4-11(12)15/h2-5,7,16H,6H2,1H3. The third kappa shape index (κ3) is 3.06. The number of ether oxygens (including phenoxy) is 1. The van der Waals surface area contributed by atoms with Gasteiger partial charge < -0.3 is 14.5 Å². The Morgan fingerprint density at radius 3 is 3.00 bits per heavy atom. The molecule has 1 aromatic heterocycles. The van der Waals surface area contributed by atoms with Gasteiger partial charge in [-0.3, -0.25) is 0 Å². The summed E-state index contributed by atoms with van der Waals surface area (Å²) in [6.07, 6.45) is 1.28. The van der Waals surface area contributed by atoms with E-state index in [2.05, 4.69) is 10.1 Å². The Morgan fingerprint density at radius 2 is 2.32 bits per heavy atom. The fourth-order valence-electron chi connectivity index (χ4n) is 1.54. The highest BCUT2D eigenvalue weighted by molar-refractivity contribution is 6.33. The predicted molar refractivity (Wildman–Crippen MR) is 68.8 cm³/mol. The summed E-state index contributed by atoms with van der Waals surface area (Å²) in [7, 11) is 1.28. The molecular formula is C13H11ClFNO3. The number of hydrogen-bond acceptors (Lipinski definition) is 4. The molecule has 1 heterocycles. The Bertz CT molecular complexity index is 577. The van der Waals surface area contributed by atoms with E-state index < -0.39 is 11.8 Å². The second kappa shape index (κ2) is 5.75. The maximum Gasteiger partial charge on any atom is 0.341 e. The van der Waals surface area contributed by atoms with Gasteiger partial charge in [-0.15, -0.1) is 0 Å². The number of anilines is 1. The first-order chi connectivity index (χ1) is 9.11. The zero-order valence-electron chi connectivity index (χ0n) is 10.1. The van der Waals surface area contributed by atoms with Crippen LogP contribution in [0.5, 0.6) is 0 Å². The Morgan fingerprint density at radius 1 is 1.53 bits per heavy atom. The largest absolute Gasteiger partial charge is 0.467 e. The van der Waals surface area contributed by atoms with Gasteiger partial charge in [0.05, 0.1) is 29.9 Å². The zero-order chi connectivity index (χ0) is 13.8. The van der Waals surface area contributed by atoms with Crippen LogP contribution in [-0.4, -0.2) is 13.1 Å². The summed E-state index contributed by atoms with van der Waals surface area (Å²) in [5.74, 6) is -0.467. The molecule has 0 aliphatic rings. The SMILES string of the molecule is COC(=O)c1coc(CNc2c(F)cccc2Cl)c1. The third-order valence-corrected chi connectivity index (χ3v) is 2.79. The minimum absolute atomic E-state index is 0.195. The molecule has 0 fully saturated rings. The number of para-hydroxylation sites is 1. The number of esters is 1. The highest BCUT2D eigenvalue weighted by atomic mass is 35.5. The van der Waals surface area contributed by atoms with Crippen molar-refractivity contribution >= 4 is 23.3 Å². The van der Waals surface area contributed by atoms with E-state index in [0.29, 0.717) is 11.3 Å². The molecule has 0 bridgehead atoms. The van der Waals surface area contributed by atoms with Crippen LogP contribution in [0, 0.1) is 5.82 Å². The molecule has 4 nitrogen and oxygen atoms in total. The molecule has 0 saturated heterocycles. The van der Waals surface area contributed by atoms with E-state index in [-0.39, 0.29) is 17.3 Å². The molecule has 0 aliphatic heterocycles. The maximum atomic E-state index is 13.5.